The standard InChI is InChI=1S/C28H35N3O6/c1-5-7-15-31-26-22(13-9-14-29-26)24(25(27(31)33)30-28(34)37-19(3)4)20-11-8-12-21(18-20)35-16-10-17-36-23(32)6-2/h8-9,11-14,18-19H,5-7,10,15-17H2,1-4H3,(H,30,34). The molecule has 0 saturated heterocycles. The van der Waals surface area contributed by atoms with E-state index in [0.29, 0.717) is 48.5 Å². The summed E-state index contributed by atoms with van der Waals surface area (Å²) in [6.07, 6.45) is 3.18. The number of carbonyl (C=O) groups is 2. The van der Waals surface area contributed by atoms with Crippen LogP contribution in [-0.2, 0) is 20.8 Å². The Morgan fingerprint density at radius 1 is 1.08 bits per heavy atom. The van der Waals surface area contributed by atoms with Crippen molar-refractivity contribution in [3.63, 3.8) is 0 Å². The first-order valence-electron chi connectivity index (χ1n) is 12.7. The van der Waals surface area contributed by atoms with Gasteiger partial charge in [0.1, 0.15) is 17.1 Å². The predicted octanol–water partition coefficient (Wildman–Crippen LogP) is 5.54. The molecule has 3 aromatic rings. The number of benzene rings is 1. The Labute approximate surface area is 216 Å². The third-order valence-corrected chi connectivity index (χ3v) is 5.56. The second-order valence-corrected chi connectivity index (χ2v) is 8.82. The number of unbranched alkanes of at least 4 members (excludes halogenated alkanes) is 1. The molecule has 3 rings (SSSR count). The molecule has 2 aromatic heterocycles. The molecular formula is C28H35N3O6. The summed E-state index contributed by atoms with van der Waals surface area (Å²) >= 11 is 0. The zero-order valence-corrected chi connectivity index (χ0v) is 21.9. The van der Waals surface area contributed by atoms with Gasteiger partial charge in [0.15, 0.2) is 0 Å². The van der Waals surface area contributed by atoms with E-state index in [-0.39, 0.29) is 29.9 Å². The molecular weight excluding hydrogens is 474 g/mol. The lowest BCUT2D eigenvalue weighted by atomic mass is 10.00. The Kier molecular flexibility index (Phi) is 10.1. The van der Waals surface area contributed by atoms with Crippen molar-refractivity contribution < 1.29 is 23.8 Å². The summed E-state index contributed by atoms with van der Waals surface area (Å²) in [6.45, 7) is 8.40. The fourth-order valence-corrected chi connectivity index (χ4v) is 3.84. The third-order valence-electron chi connectivity index (χ3n) is 5.56. The van der Waals surface area contributed by atoms with Crippen molar-refractivity contribution >= 4 is 28.8 Å². The van der Waals surface area contributed by atoms with E-state index in [4.69, 9.17) is 14.2 Å². The highest BCUT2D eigenvalue weighted by molar-refractivity contribution is 6.03. The fourth-order valence-electron chi connectivity index (χ4n) is 3.84. The molecule has 1 aromatic carbocycles. The Hall–Kier alpha value is -3.88. The summed E-state index contributed by atoms with van der Waals surface area (Å²) in [5, 5.41) is 3.43. The van der Waals surface area contributed by atoms with Crippen LogP contribution in [0.4, 0.5) is 10.5 Å². The van der Waals surface area contributed by atoms with Crippen molar-refractivity contribution in [1.82, 2.24) is 9.55 Å². The molecule has 0 radical (unpaired) electrons. The number of ether oxygens (including phenoxy) is 3. The SMILES string of the molecule is CCCCn1c(=O)c(NC(=O)OC(C)C)c(-c2cccc(OCCCOC(=O)CC)c2)c2cccnc21. The molecule has 0 aliphatic heterocycles. The van der Waals surface area contributed by atoms with Gasteiger partial charge in [0, 0.05) is 36.5 Å². The van der Waals surface area contributed by atoms with Crippen molar-refractivity contribution in [1.29, 1.82) is 0 Å². The van der Waals surface area contributed by atoms with E-state index in [2.05, 4.69) is 10.3 Å². The number of anilines is 1. The van der Waals surface area contributed by atoms with E-state index in [1.54, 1.807) is 37.6 Å². The number of hydrogen-bond acceptors (Lipinski definition) is 7. The normalized spacial score (nSPS) is 10.9. The average molecular weight is 510 g/mol. The highest BCUT2D eigenvalue weighted by atomic mass is 16.6. The smallest absolute Gasteiger partial charge is 0.412 e. The molecule has 1 N–H and O–H groups in total. The highest BCUT2D eigenvalue weighted by Crippen LogP contribution is 2.34. The Morgan fingerprint density at radius 3 is 2.62 bits per heavy atom. The van der Waals surface area contributed by atoms with E-state index in [1.165, 1.54) is 0 Å². The molecule has 0 atom stereocenters. The second kappa shape index (κ2) is 13.4. The molecule has 0 bridgehead atoms. The van der Waals surface area contributed by atoms with Gasteiger partial charge in [0.2, 0.25) is 0 Å². The van der Waals surface area contributed by atoms with Gasteiger partial charge in [-0.25, -0.2) is 9.78 Å². The first-order chi connectivity index (χ1) is 17.8. The van der Waals surface area contributed by atoms with Crippen LogP contribution in [0.2, 0.25) is 0 Å². The monoisotopic (exact) mass is 509 g/mol. The van der Waals surface area contributed by atoms with Gasteiger partial charge in [0.05, 0.1) is 19.3 Å². The largest absolute Gasteiger partial charge is 0.493 e. The molecule has 198 valence electrons. The number of nitrogens with zero attached hydrogens (tertiary/aromatic N) is 2. The maximum absolute atomic E-state index is 13.7. The lowest BCUT2D eigenvalue weighted by molar-refractivity contribution is -0.143. The van der Waals surface area contributed by atoms with E-state index in [9.17, 15) is 14.4 Å². The van der Waals surface area contributed by atoms with Crippen LogP contribution in [0.5, 0.6) is 5.75 Å². The minimum Gasteiger partial charge on any atom is -0.493 e. The van der Waals surface area contributed by atoms with Crippen molar-refractivity contribution in [2.45, 2.75) is 66.0 Å². The van der Waals surface area contributed by atoms with Crippen molar-refractivity contribution in [3.8, 4) is 16.9 Å². The Bertz CT molecular complexity index is 1280. The number of hydrogen-bond donors (Lipinski definition) is 1. The molecule has 0 aliphatic rings. The number of fused-ring (bicyclic) bond motifs is 1. The van der Waals surface area contributed by atoms with Crippen molar-refractivity contribution in [3.05, 3.63) is 52.9 Å². The van der Waals surface area contributed by atoms with Crippen LogP contribution >= 0.6 is 0 Å². The molecule has 0 fully saturated rings. The fraction of sp³-hybridized carbons (Fsp3) is 0.429. The van der Waals surface area contributed by atoms with Gasteiger partial charge >= 0.3 is 12.1 Å². The van der Waals surface area contributed by atoms with E-state index >= 15 is 0 Å². The van der Waals surface area contributed by atoms with E-state index in [1.807, 2.05) is 37.3 Å². The van der Waals surface area contributed by atoms with Gasteiger partial charge in [-0.3, -0.25) is 19.5 Å². The lowest BCUT2D eigenvalue weighted by Gasteiger charge is -2.19. The number of esters is 1. The van der Waals surface area contributed by atoms with Crippen LogP contribution in [0.3, 0.4) is 0 Å². The topological polar surface area (TPSA) is 109 Å². The molecule has 37 heavy (non-hydrogen) atoms. The number of amides is 1. The molecule has 9 nitrogen and oxygen atoms in total. The summed E-state index contributed by atoms with van der Waals surface area (Å²) in [5.41, 5.74) is 1.56. The van der Waals surface area contributed by atoms with Crippen LogP contribution in [0.15, 0.2) is 47.4 Å². The number of aryl methyl sites for hydroxylation is 1. The molecule has 0 unspecified atom stereocenters. The summed E-state index contributed by atoms with van der Waals surface area (Å²) in [5.74, 6) is 0.342. The van der Waals surface area contributed by atoms with Gasteiger partial charge in [0.25, 0.3) is 5.56 Å². The quantitative estimate of drug-likeness (QED) is 0.252. The third kappa shape index (κ3) is 7.31. The maximum Gasteiger partial charge on any atom is 0.412 e. The molecule has 0 spiro atoms. The number of nitrogens with one attached hydrogen (secondary N) is 1. The molecule has 2 heterocycles. The number of aromatic nitrogens is 2. The minimum absolute atomic E-state index is 0.130. The Balaban J connectivity index is 2.03. The van der Waals surface area contributed by atoms with E-state index in [0.717, 1.165) is 18.2 Å². The molecule has 0 saturated carbocycles. The van der Waals surface area contributed by atoms with Gasteiger partial charge in [-0.15, -0.1) is 0 Å². The lowest BCUT2D eigenvalue weighted by Crippen LogP contribution is -2.29. The zero-order valence-electron chi connectivity index (χ0n) is 21.9. The van der Waals surface area contributed by atoms with Crippen LogP contribution in [0.1, 0.15) is 53.4 Å². The van der Waals surface area contributed by atoms with Crippen molar-refractivity contribution in [2.24, 2.45) is 0 Å². The summed E-state index contributed by atoms with van der Waals surface area (Å²) in [7, 11) is 0. The van der Waals surface area contributed by atoms with Crippen molar-refractivity contribution in [2.75, 3.05) is 18.5 Å². The summed E-state index contributed by atoms with van der Waals surface area (Å²) in [4.78, 5) is 42.1. The first-order valence-corrected chi connectivity index (χ1v) is 12.7. The average Bonchev–Trinajstić information content (AvgIpc) is 2.88. The first kappa shape index (κ1) is 27.7. The summed E-state index contributed by atoms with van der Waals surface area (Å²) < 4.78 is 17.8. The van der Waals surface area contributed by atoms with Gasteiger partial charge in [-0.05, 0) is 50.1 Å². The zero-order chi connectivity index (χ0) is 26.8. The summed E-state index contributed by atoms with van der Waals surface area (Å²) in [6, 6.07) is 11.0. The van der Waals surface area contributed by atoms with E-state index < -0.39 is 6.09 Å². The minimum atomic E-state index is -0.701. The number of carbonyl (C=O) groups excluding carboxylic acids is 2. The highest BCUT2D eigenvalue weighted by Gasteiger charge is 2.22. The van der Waals surface area contributed by atoms with Crippen LogP contribution in [-0.4, -0.2) is 40.9 Å². The van der Waals surface area contributed by atoms with Gasteiger partial charge < -0.3 is 14.2 Å². The number of pyridine rings is 2. The van der Waals surface area contributed by atoms with Gasteiger partial charge in [-0.2, -0.15) is 0 Å². The Morgan fingerprint density at radius 2 is 1.89 bits per heavy atom. The predicted molar refractivity (Wildman–Crippen MR) is 143 cm³/mol. The maximum atomic E-state index is 13.7. The van der Waals surface area contributed by atoms with Crippen LogP contribution < -0.4 is 15.6 Å². The van der Waals surface area contributed by atoms with Crippen LogP contribution in [0, 0.1) is 0 Å². The molecule has 9 heteroatoms. The van der Waals surface area contributed by atoms with Crippen LogP contribution in [0.25, 0.3) is 22.2 Å². The molecule has 1 amide bonds. The second-order valence-electron chi connectivity index (χ2n) is 8.82. The number of rotatable bonds is 12. The molecule has 0 aliphatic carbocycles. The van der Waals surface area contributed by atoms with Gasteiger partial charge in [-0.1, -0.05) is 32.4 Å².